The van der Waals surface area contributed by atoms with E-state index in [9.17, 15) is 23.5 Å². The van der Waals surface area contributed by atoms with Gasteiger partial charge in [0.1, 0.15) is 0 Å². The Labute approximate surface area is 187 Å². The highest BCUT2D eigenvalue weighted by Crippen LogP contribution is 2.45. The van der Waals surface area contributed by atoms with Crippen molar-refractivity contribution in [2.24, 2.45) is 5.41 Å². The van der Waals surface area contributed by atoms with Crippen LogP contribution in [0.5, 0.6) is 0 Å². The number of aliphatic hydroxyl groups excluding tert-OH is 1. The molecule has 0 aromatic heterocycles. The number of hydrogen-bond donors (Lipinski definition) is 1. The Kier molecular flexibility index (Phi) is 7.67. The maximum atomic E-state index is 13.1. The molecule has 5 nitrogen and oxygen atoms in total. The van der Waals surface area contributed by atoms with Crippen LogP contribution in [0.25, 0.3) is 0 Å². The number of carbonyl (C=O) groups excluding carboxylic acids is 3. The van der Waals surface area contributed by atoms with Crippen molar-refractivity contribution in [3.63, 3.8) is 0 Å². The number of aliphatic hydroxyl groups is 1. The van der Waals surface area contributed by atoms with Crippen LogP contribution in [0.1, 0.15) is 63.4 Å². The summed E-state index contributed by atoms with van der Waals surface area (Å²) in [7, 11) is 0. The fourth-order valence-corrected chi connectivity index (χ4v) is 4.15. The van der Waals surface area contributed by atoms with Gasteiger partial charge in [-0.05, 0) is 68.5 Å². The molecule has 1 aliphatic rings. The summed E-state index contributed by atoms with van der Waals surface area (Å²) < 4.78 is 19.4. The van der Waals surface area contributed by atoms with Crippen molar-refractivity contribution in [2.75, 3.05) is 4.90 Å². The first-order valence-electron chi connectivity index (χ1n) is 10.4. The normalized spacial score (nSPS) is 15.5. The fourth-order valence-electron chi connectivity index (χ4n) is 4.15. The van der Waals surface area contributed by atoms with E-state index in [1.54, 1.807) is 11.8 Å². The second kappa shape index (κ2) is 9.69. The molecule has 0 spiro atoms. The lowest BCUT2D eigenvalue weighted by Gasteiger charge is -2.25. The average molecular weight is 446 g/mol. The molecule has 0 aliphatic carbocycles. The first kappa shape index (κ1) is 25.3. The lowest BCUT2D eigenvalue weighted by atomic mass is 9.80. The summed E-state index contributed by atoms with van der Waals surface area (Å²) in [5, 5.41) is 9.68. The van der Waals surface area contributed by atoms with E-state index in [1.807, 2.05) is 76.2 Å². The van der Waals surface area contributed by atoms with Gasteiger partial charge in [0.15, 0.2) is 5.78 Å². The lowest BCUT2D eigenvalue weighted by Crippen LogP contribution is -2.33. The molecule has 32 heavy (non-hydrogen) atoms. The summed E-state index contributed by atoms with van der Waals surface area (Å²) in [5.74, 6) is 0.0441. The van der Waals surface area contributed by atoms with Gasteiger partial charge in [-0.15, -0.1) is 8.78 Å². The summed E-state index contributed by atoms with van der Waals surface area (Å²) in [5.41, 5.74) is 2.17. The van der Waals surface area contributed by atoms with Gasteiger partial charge < -0.3 is 5.11 Å². The zero-order valence-electron chi connectivity index (χ0n) is 19.0. The number of amides is 1. The predicted octanol–water partition coefficient (Wildman–Crippen LogP) is 6.06. The highest BCUT2D eigenvalue weighted by Gasteiger charge is 2.44. The maximum absolute atomic E-state index is 13.1. The van der Waals surface area contributed by atoms with E-state index in [0.717, 1.165) is 16.9 Å². The molecule has 0 radical (unpaired) electrons. The Bertz CT molecular complexity index is 996. The third-order valence-electron chi connectivity index (χ3n) is 5.47. The largest absolute Gasteiger partial charge is 0.483 e. The summed E-state index contributed by atoms with van der Waals surface area (Å²) in [4.78, 5) is 35.9. The van der Waals surface area contributed by atoms with E-state index in [0.29, 0.717) is 18.4 Å². The molecule has 1 heterocycles. The molecule has 0 bridgehead atoms. The molecule has 1 atom stereocenters. The van der Waals surface area contributed by atoms with Gasteiger partial charge in [0.2, 0.25) is 5.91 Å². The third kappa shape index (κ3) is 5.85. The maximum Gasteiger partial charge on any atom is 0.483 e. The van der Waals surface area contributed by atoms with E-state index in [4.69, 9.17) is 4.79 Å². The van der Waals surface area contributed by atoms with Gasteiger partial charge in [0.05, 0.1) is 17.2 Å². The Morgan fingerprint density at radius 2 is 1.66 bits per heavy atom. The highest BCUT2D eigenvalue weighted by molar-refractivity contribution is 6.13. The molecule has 1 aliphatic heterocycles. The van der Waals surface area contributed by atoms with Crippen molar-refractivity contribution in [1.29, 1.82) is 0 Å². The second-order valence-electron chi connectivity index (χ2n) is 9.38. The minimum absolute atomic E-state index is 0.00716. The molecular weight excluding hydrogens is 416 g/mol. The van der Waals surface area contributed by atoms with Gasteiger partial charge in [0, 0.05) is 17.7 Å². The topological polar surface area (TPSA) is 74.7 Å². The van der Waals surface area contributed by atoms with E-state index in [2.05, 4.69) is 0 Å². The number of fused-ring (bicyclic) bond motifs is 1. The molecule has 1 unspecified atom stereocenters. The zero-order valence-corrected chi connectivity index (χ0v) is 19.0. The fraction of sp³-hybridized carbons (Fsp3) is 0.400. The molecule has 2 aromatic carbocycles. The number of para-hydroxylation sites is 1. The van der Waals surface area contributed by atoms with Gasteiger partial charge in [0.25, 0.3) is 0 Å². The Hall–Kier alpha value is -2.93. The molecule has 3 rings (SSSR count). The number of halogens is 2. The Morgan fingerprint density at radius 1 is 1.09 bits per heavy atom. The van der Waals surface area contributed by atoms with Crippen molar-refractivity contribution in [2.45, 2.75) is 59.0 Å². The van der Waals surface area contributed by atoms with Crippen LogP contribution in [0.15, 0.2) is 48.5 Å². The van der Waals surface area contributed by atoms with Gasteiger partial charge >= 0.3 is 6.29 Å². The Balaban J connectivity index is 0.000000837. The SMILES string of the molecule is CC(O)CC(C)(C)CC(=O)c1ccc2c(c1)C(C)(C)C(=O)N2c1ccccc1.O=C(F)F. The molecule has 2 aromatic rings. The van der Waals surface area contributed by atoms with Gasteiger partial charge in [-0.2, -0.15) is 0 Å². The molecule has 1 N–H and O–H groups in total. The zero-order chi connectivity index (χ0) is 24.3. The summed E-state index contributed by atoms with van der Waals surface area (Å²) in [6.45, 7) is 9.55. The monoisotopic (exact) mass is 445 g/mol. The van der Waals surface area contributed by atoms with Crippen molar-refractivity contribution < 1.29 is 28.3 Å². The van der Waals surface area contributed by atoms with Crippen LogP contribution in [0, 0.1) is 5.41 Å². The van der Waals surface area contributed by atoms with Crippen molar-refractivity contribution in [3.05, 3.63) is 59.7 Å². The van der Waals surface area contributed by atoms with Gasteiger partial charge in [-0.1, -0.05) is 32.0 Å². The standard InChI is InChI=1S/C24H29NO3.CF2O/c1-16(26)14-23(2,3)15-21(27)17-11-12-20-19(13-17)24(4,5)22(28)25(20)18-9-7-6-8-10-18;2-1(3)4/h6-13,16,26H,14-15H2,1-5H3;. The molecule has 0 saturated carbocycles. The smallest absolute Gasteiger partial charge is 0.393 e. The number of anilines is 2. The first-order chi connectivity index (χ1) is 14.8. The lowest BCUT2D eigenvalue weighted by molar-refractivity contribution is -0.121. The van der Waals surface area contributed by atoms with Crippen molar-refractivity contribution in [1.82, 2.24) is 0 Å². The van der Waals surface area contributed by atoms with Crippen LogP contribution in [0.3, 0.4) is 0 Å². The minimum atomic E-state index is -2.83. The third-order valence-corrected chi connectivity index (χ3v) is 5.47. The number of carbonyl (C=O) groups is 3. The first-order valence-corrected chi connectivity index (χ1v) is 10.4. The predicted molar refractivity (Wildman–Crippen MR) is 120 cm³/mol. The second-order valence-corrected chi connectivity index (χ2v) is 9.38. The van der Waals surface area contributed by atoms with Crippen LogP contribution >= 0.6 is 0 Å². The van der Waals surface area contributed by atoms with Crippen LogP contribution in [0.4, 0.5) is 25.0 Å². The van der Waals surface area contributed by atoms with Crippen molar-refractivity contribution >= 4 is 29.4 Å². The summed E-state index contributed by atoms with van der Waals surface area (Å²) >= 11 is 0. The number of nitrogens with zero attached hydrogens (tertiary/aromatic N) is 1. The molecular formula is C25H29F2NO4. The van der Waals surface area contributed by atoms with E-state index >= 15 is 0 Å². The van der Waals surface area contributed by atoms with Gasteiger partial charge in [-0.25, -0.2) is 4.79 Å². The van der Waals surface area contributed by atoms with E-state index in [-0.39, 0.29) is 17.1 Å². The number of benzene rings is 2. The average Bonchev–Trinajstić information content (AvgIpc) is 2.86. The van der Waals surface area contributed by atoms with E-state index < -0.39 is 17.8 Å². The van der Waals surface area contributed by atoms with Crippen LogP contribution < -0.4 is 4.90 Å². The minimum Gasteiger partial charge on any atom is -0.393 e. The molecule has 0 saturated heterocycles. The number of ketones is 1. The summed E-state index contributed by atoms with van der Waals surface area (Å²) in [6.07, 6.45) is -2.36. The van der Waals surface area contributed by atoms with Crippen LogP contribution in [-0.2, 0) is 10.2 Å². The highest BCUT2D eigenvalue weighted by atomic mass is 19.3. The van der Waals surface area contributed by atoms with Gasteiger partial charge in [-0.3, -0.25) is 14.5 Å². The molecule has 0 fully saturated rings. The molecule has 1 amide bonds. The van der Waals surface area contributed by atoms with E-state index in [1.165, 1.54) is 0 Å². The number of rotatable bonds is 6. The van der Waals surface area contributed by atoms with Crippen molar-refractivity contribution in [3.8, 4) is 0 Å². The number of Topliss-reactive ketones (excluding diaryl/α,β-unsaturated/α-hetero) is 1. The quantitative estimate of drug-likeness (QED) is 0.433. The Morgan fingerprint density at radius 3 is 2.19 bits per heavy atom. The van der Waals surface area contributed by atoms with Crippen LogP contribution in [0.2, 0.25) is 0 Å². The summed E-state index contributed by atoms with van der Waals surface area (Å²) in [6, 6.07) is 15.1. The molecule has 7 heteroatoms. The number of hydrogen-bond acceptors (Lipinski definition) is 4. The van der Waals surface area contributed by atoms with Crippen LogP contribution in [-0.4, -0.2) is 29.2 Å². The molecule has 172 valence electrons.